The van der Waals surface area contributed by atoms with Crippen LogP contribution in [0.1, 0.15) is 5.56 Å². The van der Waals surface area contributed by atoms with Crippen molar-refractivity contribution in [2.75, 3.05) is 17.3 Å². The third-order valence-corrected chi connectivity index (χ3v) is 3.21. The lowest BCUT2D eigenvalue weighted by atomic mass is 10.3. The van der Waals surface area contributed by atoms with Crippen LogP contribution in [0.15, 0.2) is 61.1 Å². The van der Waals surface area contributed by atoms with Gasteiger partial charge in [0.15, 0.2) is 5.82 Å². The van der Waals surface area contributed by atoms with E-state index in [9.17, 15) is 0 Å². The van der Waals surface area contributed by atoms with Crippen molar-refractivity contribution in [2.24, 2.45) is 0 Å². The van der Waals surface area contributed by atoms with Gasteiger partial charge in [0.1, 0.15) is 0 Å². The molecule has 110 valence electrons. The van der Waals surface area contributed by atoms with Gasteiger partial charge in [-0.1, -0.05) is 24.3 Å². The lowest BCUT2D eigenvalue weighted by molar-refractivity contribution is 0.928. The van der Waals surface area contributed by atoms with Gasteiger partial charge in [0.2, 0.25) is 5.95 Å². The summed E-state index contributed by atoms with van der Waals surface area (Å²) in [5.74, 6) is 1.22. The Morgan fingerprint density at radius 2 is 1.91 bits per heavy atom. The third-order valence-electron chi connectivity index (χ3n) is 3.21. The largest absolute Gasteiger partial charge is 0.349 e. The molecule has 0 aliphatic carbocycles. The lowest BCUT2D eigenvalue weighted by Crippen LogP contribution is -2.14. The average Bonchev–Trinajstić information content (AvgIpc) is 2.61. The Kier molecular flexibility index (Phi) is 4.20. The first-order valence-corrected chi connectivity index (χ1v) is 6.94. The molecule has 0 saturated carbocycles. The number of para-hydroxylation sites is 1. The summed E-state index contributed by atoms with van der Waals surface area (Å²) in [7, 11) is 1.95. The van der Waals surface area contributed by atoms with Gasteiger partial charge in [-0.2, -0.15) is 10.1 Å². The van der Waals surface area contributed by atoms with Crippen molar-refractivity contribution < 1.29 is 0 Å². The number of pyridine rings is 1. The monoisotopic (exact) mass is 292 g/mol. The number of rotatable bonds is 5. The van der Waals surface area contributed by atoms with Crippen LogP contribution < -0.4 is 10.2 Å². The minimum atomic E-state index is 0.490. The van der Waals surface area contributed by atoms with Crippen molar-refractivity contribution in [1.82, 2.24) is 20.2 Å². The lowest BCUT2D eigenvalue weighted by Gasteiger charge is -2.18. The standard InChI is InChI=1S/C16H16N6/c1-22(14-7-3-2-4-8-14)15-12-19-21-16(20-15)18-11-13-6-5-9-17-10-13/h2-10,12H,11H2,1H3,(H,18,20,21). The van der Waals surface area contributed by atoms with Crippen LogP contribution in [-0.4, -0.2) is 27.2 Å². The topological polar surface area (TPSA) is 66.8 Å². The van der Waals surface area contributed by atoms with Crippen molar-refractivity contribution in [3.05, 3.63) is 66.6 Å². The molecule has 0 atom stereocenters. The van der Waals surface area contributed by atoms with Gasteiger partial charge in [0.05, 0.1) is 6.20 Å². The molecule has 0 spiro atoms. The molecule has 6 nitrogen and oxygen atoms in total. The second kappa shape index (κ2) is 6.62. The Labute approximate surface area is 128 Å². The molecule has 2 aromatic heterocycles. The predicted octanol–water partition coefficient (Wildman–Crippen LogP) is 2.65. The van der Waals surface area contributed by atoms with Crippen LogP contribution in [0.3, 0.4) is 0 Å². The van der Waals surface area contributed by atoms with E-state index in [4.69, 9.17) is 0 Å². The maximum Gasteiger partial charge on any atom is 0.244 e. The molecule has 3 aromatic rings. The fourth-order valence-corrected chi connectivity index (χ4v) is 2.00. The molecule has 1 aromatic carbocycles. The molecular formula is C16H16N6. The van der Waals surface area contributed by atoms with E-state index in [1.54, 1.807) is 18.6 Å². The Balaban J connectivity index is 1.72. The smallest absolute Gasteiger partial charge is 0.244 e. The molecule has 2 heterocycles. The number of nitrogens with zero attached hydrogens (tertiary/aromatic N) is 5. The fourth-order valence-electron chi connectivity index (χ4n) is 2.00. The SMILES string of the molecule is CN(c1ccccc1)c1cnnc(NCc2cccnc2)n1. The van der Waals surface area contributed by atoms with Crippen LogP contribution >= 0.6 is 0 Å². The van der Waals surface area contributed by atoms with Crippen molar-refractivity contribution in [3.8, 4) is 0 Å². The Morgan fingerprint density at radius 3 is 2.68 bits per heavy atom. The zero-order chi connectivity index (χ0) is 15.2. The van der Waals surface area contributed by atoms with Gasteiger partial charge in [-0.25, -0.2) is 0 Å². The van der Waals surface area contributed by atoms with Crippen molar-refractivity contribution in [1.29, 1.82) is 0 Å². The highest BCUT2D eigenvalue weighted by Gasteiger charge is 2.07. The number of hydrogen-bond acceptors (Lipinski definition) is 6. The summed E-state index contributed by atoms with van der Waals surface area (Å²) in [6.07, 6.45) is 5.19. The van der Waals surface area contributed by atoms with Crippen molar-refractivity contribution in [2.45, 2.75) is 6.54 Å². The zero-order valence-corrected chi connectivity index (χ0v) is 12.2. The third kappa shape index (κ3) is 3.35. The number of nitrogens with one attached hydrogen (secondary N) is 1. The summed E-state index contributed by atoms with van der Waals surface area (Å²) >= 11 is 0. The normalized spacial score (nSPS) is 10.2. The summed E-state index contributed by atoms with van der Waals surface area (Å²) in [6, 6.07) is 13.9. The van der Waals surface area contributed by atoms with Crippen LogP contribution in [-0.2, 0) is 6.54 Å². The first-order valence-electron chi connectivity index (χ1n) is 6.94. The minimum Gasteiger partial charge on any atom is -0.349 e. The molecule has 0 aliphatic heterocycles. The molecule has 3 rings (SSSR count). The fraction of sp³-hybridized carbons (Fsp3) is 0.125. The molecule has 0 bridgehead atoms. The quantitative estimate of drug-likeness (QED) is 0.780. The first kappa shape index (κ1) is 13.9. The number of hydrogen-bond donors (Lipinski definition) is 1. The van der Waals surface area contributed by atoms with Crippen LogP contribution in [0.5, 0.6) is 0 Å². The van der Waals surface area contributed by atoms with Crippen molar-refractivity contribution >= 4 is 17.5 Å². The van der Waals surface area contributed by atoms with Crippen LogP contribution in [0.2, 0.25) is 0 Å². The average molecular weight is 292 g/mol. The number of anilines is 3. The zero-order valence-electron chi connectivity index (χ0n) is 12.2. The minimum absolute atomic E-state index is 0.490. The molecule has 1 N–H and O–H groups in total. The Hall–Kier alpha value is -3.02. The van der Waals surface area contributed by atoms with E-state index in [0.29, 0.717) is 12.5 Å². The molecular weight excluding hydrogens is 276 g/mol. The van der Waals surface area contributed by atoms with Gasteiger partial charge < -0.3 is 10.2 Å². The second-order valence-corrected chi connectivity index (χ2v) is 4.75. The summed E-state index contributed by atoms with van der Waals surface area (Å²) in [6.45, 7) is 0.605. The highest BCUT2D eigenvalue weighted by Crippen LogP contribution is 2.20. The van der Waals surface area contributed by atoms with Crippen molar-refractivity contribution in [3.63, 3.8) is 0 Å². The first-order chi connectivity index (χ1) is 10.8. The van der Waals surface area contributed by atoms with E-state index in [-0.39, 0.29) is 0 Å². The number of aromatic nitrogens is 4. The molecule has 0 saturated heterocycles. The van der Waals surface area contributed by atoms with Gasteiger partial charge in [0.25, 0.3) is 0 Å². The molecule has 0 fully saturated rings. The van der Waals surface area contributed by atoms with Gasteiger partial charge in [0, 0.05) is 31.7 Å². The predicted molar refractivity (Wildman–Crippen MR) is 85.9 cm³/mol. The molecule has 0 radical (unpaired) electrons. The van der Waals surface area contributed by atoms with E-state index in [2.05, 4.69) is 25.5 Å². The number of benzene rings is 1. The Bertz CT molecular complexity index is 717. The highest BCUT2D eigenvalue weighted by molar-refractivity contribution is 5.58. The second-order valence-electron chi connectivity index (χ2n) is 4.75. The molecule has 6 heteroatoms. The van der Waals surface area contributed by atoms with E-state index in [1.807, 2.05) is 54.4 Å². The van der Waals surface area contributed by atoms with Gasteiger partial charge in [-0.05, 0) is 23.8 Å². The maximum absolute atomic E-state index is 4.48. The van der Waals surface area contributed by atoms with E-state index < -0.39 is 0 Å². The van der Waals surface area contributed by atoms with Crippen LogP contribution in [0.25, 0.3) is 0 Å². The van der Waals surface area contributed by atoms with Crippen LogP contribution in [0, 0.1) is 0 Å². The highest BCUT2D eigenvalue weighted by atomic mass is 15.3. The summed E-state index contributed by atoms with van der Waals surface area (Å²) in [5.41, 5.74) is 2.11. The Morgan fingerprint density at radius 1 is 1.05 bits per heavy atom. The maximum atomic E-state index is 4.48. The van der Waals surface area contributed by atoms with E-state index in [0.717, 1.165) is 17.1 Å². The molecule has 0 unspecified atom stereocenters. The van der Waals surface area contributed by atoms with Gasteiger partial charge >= 0.3 is 0 Å². The van der Waals surface area contributed by atoms with E-state index >= 15 is 0 Å². The molecule has 22 heavy (non-hydrogen) atoms. The summed E-state index contributed by atoms with van der Waals surface area (Å²) < 4.78 is 0. The van der Waals surface area contributed by atoms with E-state index in [1.165, 1.54) is 0 Å². The van der Waals surface area contributed by atoms with Crippen LogP contribution in [0.4, 0.5) is 17.5 Å². The molecule has 0 amide bonds. The van der Waals surface area contributed by atoms with Gasteiger partial charge in [-0.15, -0.1) is 5.10 Å². The van der Waals surface area contributed by atoms with Gasteiger partial charge in [-0.3, -0.25) is 4.98 Å². The summed E-state index contributed by atoms with van der Waals surface area (Å²) in [5, 5.41) is 11.2. The summed E-state index contributed by atoms with van der Waals surface area (Å²) in [4.78, 5) is 10.5. The molecule has 0 aliphatic rings.